The zero-order valence-corrected chi connectivity index (χ0v) is 16.7. The van der Waals surface area contributed by atoms with Crippen LogP contribution in [0.15, 0.2) is 39.8 Å². The number of carbonyl (C=O) groups is 1. The molecule has 2 aromatic carbocycles. The first-order valence-corrected chi connectivity index (χ1v) is 9.03. The van der Waals surface area contributed by atoms with Crippen LogP contribution in [0.4, 0.5) is 8.78 Å². The van der Waals surface area contributed by atoms with Crippen molar-refractivity contribution in [2.75, 3.05) is 0 Å². The van der Waals surface area contributed by atoms with Crippen molar-refractivity contribution in [2.24, 2.45) is 10.7 Å². The van der Waals surface area contributed by atoms with Gasteiger partial charge in [-0.3, -0.25) is 15.6 Å². The minimum absolute atomic E-state index is 0.0302. The maximum atomic E-state index is 14.7. The fourth-order valence-corrected chi connectivity index (χ4v) is 2.84. The Labute approximate surface area is 175 Å². The zero-order chi connectivity index (χ0) is 21.8. The van der Waals surface area contributed by atoms with Crippen LogP contribution in [0.3, 0.4) is 0 Å². The summed E-state index contributed by atoms with van der Waals surface area (Å²) in [7, 11) is 0. The average molecular weight is 435 g/mol. The van der Waals surface area contributed by atoms with Crippen LogP contribution in [0.25, 0.3) is 22.5 Å². The number of amides is 1. The molecular formula is C19H17ClF2N6O2. The summed E-state index contributed by atoms with van der Waals surface area (Å²) in [5, 5.41) is 3.89. The van der Waals surface area contributed by atoms with Crippen LogP contribution in [0.2, 0.25) is 5.02 Å². The molecule has 3 rings (SSSR count). The molecule has 0 saturated heterocycles. The summed E-state index contributed by atoms with van der Waals surface area (Å²) in [6.45, 7) is 2.79. The number of aliphatic imine (C=N–C) groups is 1. The summed E-state index contributed by atoms with van der Waals surface area (Å²) in [6.07, 6.45) is 0. The molecule has 11 heteroatoms. The number of hydrogen-bond acceptors (Lipinski definition) is 5. The van der Waals surface area contributed by atoms with Crippen LogP contribution in [-0.2, 0) is 11.3 Å². The van der Waals surface area contributed by atoms with Crippen molar-refractivity contribution in [1.29, 1.82) is 0 Å². The SMILES string of the molecule is CC(=O)NNC(N)=NCc1ccc(-c2cc(Cl)cc(F)c2-c2noc(C)n2)cc1F. The van der Waals surface area contributed by atoms with Gasteiger partial charge in [0.25, 0.3) is 0 Å². The lowest BCUT2D eigenvalue weighted by atomic mass is 9.97. The molecule has 0 aliphatic carbocycles. The van der Waals surface area contributed by atoms with Gasteiger partial charge < -0.3 is 10.3 Å². The molecular weight excluding hydrogens is 418 g/mol. The quantitative estimate of drug-likeness (QED) is 0.330. The molecule has 3 aromatic rings. The predicted molar refractivity (Wildman–Crippen MR) is 107 cm³/mol. The van der Waals surface area contributed by atoms with Gasteiger partial charge in [-0.2, -0.15) is 4.98 Å². The average Bonchev–Trinajstić information content (AvgIpc) is 3.10. The first-order chi connectivity index (χ1) is 14.2. The number of nitrogens with one attached hydrogen (secondary N) is 2. The van der Waals surface area contributed by atoms with Crippen molar-refractivity contribution in [2.45, 2.75) is 20.4 Å². The molecule has 1 heterocycles. The van der Waals surface area contributed by atoms with Gasteiger partial charge in [-0.25, -0.2) is 13.8 Å². The number of carbonyl (C=O) groups excluding carboxylic acids is 1. The fourth-order valence-electron chi connectivity index (χ4n) is 2.63. The Morgan fingerprint density at radius 3 is 2.63 bits per heavy atom. The van der Waals surface area contributed by atoms with E-state index in [-0.39, 0.29) is 46.3 Å². The number of rotatable bonds is 4. The van der Waals surface area contributed by atoms with E-state index in [1.165, 1.54) is 25.1 Å². The van der Waals surface area contributed by atoms with Gasteiger partial charge >= 0.3 is 0 Å². The number of hydrogen-bond donors (Lipinski definition) is 3. The maximum absolute atomic E-state index is 14.7. The third-order valence-corrected chi connectivity index (χ3v) is 4.17. The highest BCUT2D eigenvalue weighted by Crippen LogP contribution is 2.36. The highest BCUT2D eigenvalue weighted by atomic mass is 35.5. The minimum atomic E-state index is -0.663. The second-order valence-corrected chi connectivity index (χ2v) is 6.70. The summed E-state index contributed by atoms with van der Waals surface area (Å²) in [4.78, 5) is 18.8. The fraction of sp³-hybridized carbons (Fsp3) is 0.158. The first kappa shape index (κ1) is 21.2. The van der Waals surface area contributed by atoms with Crippen molar-refractivity contribution >= 4 is 23.5 Å². The third-order valence-electron chi connectivity index (χ3n) is 3.96. The molecule has 0 aliphatic rings. The van der Waals surface area contributed by atoms with Gasteiger partial charge in [-0.1, -0.05) is 28.9 Å². The Kier molecular flexibility index (Phi) is 6.26. The first-order valence-electron chi connectivity index (χ1n) is 8.65. The van der Waals surface area contributed by atoms with Gasteiger partial charge in [0, 0.05) is 24.4 Å². The van der Waals surface area contributed by atoms with Crippen LogP contribution in [0.5, 0.6) is 0 Å². The lowest BCUT2D eigenvalue weighted by molar-refractivity contribution is -0.119. The van der Waals surface area contributed by atoms with Crippen molar-refractivity contribution in [3.05, 3.63) is 58.4 Å². The highest BCUT2D eigenvalue weighted by Gasteiger charge is 2.19. The van der Waals surface area contributed by atoms with E-state index in [2.05, 4.69) is 26.0 Å². The monoisotopic (exact) mass is 434 g/mol. The maximum Gasteiger partial charge on any atom is 0.235 e. The normalized spacial score (nSPS) is 11.4. The van der Waals surface area contributed by atoms with Crippen LogP contribution in [-0.4, -0.2) is 22.0 Å². The molecule has 1 amide bonds. The molecule has 0 unspecified atom stereocenters. The molecule has 0 spiro atoms. The predicted octanol–water partition coefficient (Wildman–Crippen LogP) is 3.10. The van der Waals surface area contributed by atoms with E-state index in [4.69, 9.17) is 21.9 Å². The van der Waals surface area contributed by atoms with Crippen molar-refractivity contribution in [1.82, 2.24) is 21.0 Å². The van der Waals surface area contributed by atoms with E-state index >= 15 is 0 Å². The molecule has 1 aromatic heterocycles. The number of halogens is 3. The molecule has 0 fully saturated rings. The summed E-state index contributed by atoms with van der Waals surface area (Å²) < 4.78 is 34.2. The standard InChI is InChI=1S/C19H17ClF2N6O2/c1-9(29)26-27-19(23)24-8-12-4-3-11(5-15(12)21)14-6-13(20)7-16(22)17(14)18-25-10(2)30-28-18/h3-7H,8H2,1-2H3,(H,26,29)(H3,23,24,27). The van der Waals surface area contributed by atoms with E-state index in [1.54, 1.807) is 13.0 Å². The van der Waals surface area contributed by atoms with Gasteiger partial charge in [0.2, 0.25) is 23.6 Å². The van der Waals surface area contributed by atoms with E-state index < -0.39 is 11.6 Å². The number of nitrogens with two attached hydrogens (primary N) is 1. The largest absolute Gasteiger partial charge is 0.369 e. The topological polar surface area (TPSA) is 118 Å². The van der Waals surface area contributed by atoms with E-state index in [9.17, 15) is 13.6 Å². The number of benzene rings is 2. The van der Waals surface area contributed by atoms with Crippen molar-refractivity contribution < 1.29 is 18.1 Å². The lowest BCUT2D eigenvalue weighted by Crippen LogP contribution is -2.44. The zero-order valence-electron chi connectivity index (χ0n) is 16.0. The lowest BCUT2D eigenvalue weighted by Gasteiger charge is -2.11. The van der Waals surface area contributed by atoms with Crippen LogP contribution in [0.1, 0.15) is 18.4 Å². The molecule has 156 valence electrons. The van der Waals surface area contributed by atoms with E-state index in [0.717, 1.165) is 6.07 Å². The van der Waals surface area contributed by atoms with Gasteiger partial charge in [0.15, 0.2) is 0 Å². The van der Waals surface area contributed by atoms with Gasteiger partial charge in [-0.05, 0) is 29.3 Å². The van der Waals surface area contributed by atoms with Crippen LogP contribution >= 0.6 is 11.6 Å². The number of nitrogens with zero attached hydrogens (tertiary/aromatic N) is 3. The molecule has 4 N–H and O–H groups in total. The van der Waals surface area contributed by atoms with Gasteiger partial charge in [-0.15, -0.1) is 0 Å². The van der Waals surface area contributed by atoms with E-state index in [1.807, 2.05) is 0 Å². The molecule has 0 radical (unpaired) electrons. The number of aromatic nitrogens is 2. The van der Waals surface area contributed by atoms with Crippen molar-refractivity contribution in [3.63, 3.8) is 0 Å². The molecule has 0 bridgehead atoms. The molecule has 30 heavy (non-hydrogen) atoms. The minimum Gasteiger partial charge on any atom is -0.369 e. The Morgan fingerprint density at radius 1 is 1.23 bits per heavy atom. The Hall–Kier alpha value is -3.53. The summed E-state index contributed by atoms with van der Waals surface area (Å²) in [5.74, 6) is -1.40. The molecule has 8 nitrogen and oxygen atoms in total. The third kappa shape index (κ3) is 4.90. The molecule has 0 saturated carbocycles. The van der Waals surface area contributed by atoms with E-state index in [0.29, 0.717) is 11.1 Å². The Bertz CT molecular complexity index is 1130. The van der Waals surface area contributed by atoms with Gasteiger partial charge in [0.05, 0.1) is 12.1 Å². The van der Waals surface area contributed by atoms with Crippen LogP contribution in [0, 0.1) is 18.6 Å². The smallest absolute Gasteiger partial charge is 0.235 e. The number of aryl methyl sites for hydroxylation is 1. The summed E-state index contributed by atoms with van der Waals surface area (Å²) in [6, 6.07) is 6.92. The van der Waals surface area contributed by atoms with Crippen LogP contribution < -0.4 is 16.6 Å². The summed E-state index contributed by atoms with van der Waals surface area (Å²) >= 11 is 6.01. The highest BCUT2D eigenvalue weighted by molar-refractivity contribution is 6.31. The Morgan fingerprint density at radius 2 is 2.00 bits per heavy atom. The molecule has 0 aliphatic heterocycles. The number of guanidine groups is 1. The molecule has 0 atom stereocenters. The van der Waals surface area contributed by atoms with Gasteiger partial charge in [0.1, 0.15) is 11.6 Å². The second kappa shape index (κ2) is 8.87. The second-order valence-electron chi connectivity index (χ2n) is 6.26. The summed E-state index contributed by atoms with van der Waals surface area (Å²) in [5.41, 5.74) is 11.2. The Balaban J connectivity index is 1.93. The van der Waals surface area contributed by atoms with Crippen molar-refractivity contribution in [3.8, 4) is 22.5 Å². The number of hydrazine groups is 1.